The van der Waals surface area contributed by atoms with Gasteiger partial charge in [0.25, 0.3) is 0 Å². The Bertz CT molecular complexity index is 610. The van der Waals surface area contributed by atoms with Crippen molar-refractivity contribution in [3.63, 3.8) is 0 Å². The molecule has 3 rings (SSSR count). The van der Waals surface area contributed by atoms with E-state index in [0.717, 1.165) is 24.7 Å². The van der Waals surface area contributed by atoms with Crippen molar-refractivity contribution in [2.75, 3.05) is 0 Å². The largest absolute Gasteiger partial charge is 0.103 e. The normalized spacial score (nSPS) is 21.1. The molecule has 0 unspecified atom stereocenters. The predicted molar refractivity (Wildman–Crippen MR) is 101 cm³/mol. The quantitative estimate of drug-likeness (QED) is 0.535. The number of rotatable bonds is 5. The molecule has 0 heterocycles. The van der Waals surface area contributed by atoms with Crippen LogP contribution in [0.15, 0.2) is 61.2 Å². The second-order valence-corrected chi connectivity index (χ2v) is 7.10. The SMILES string of the molecule is C=CCCc1ccc(-c2ccc(C3CCC(C)CC3)cc2)cc1. The molecule has 1 aliphatic rings. The lowest BCUT2D eigenvalue weighted by molar-refractivity contribution is 0.348. The van der Waals surface area contributed by atoms with Gasteiger partial charge in [-0.15, -0.1) is 6.58 Å². The summed E-state index contributed by atoms with van der Waals surface area (Å²) in [6.45, 7) is 6.18. The number of allylic oxidation sites excluding steroid dienone is 1. The maximum Gasteiger partial charge on any atom is -0.0162 e. The Morgan fingerprint density at radius 1 is 0.870 bits per heavy atom. The highest BCUT2D eigenvalue weighted by Gasteiger charge is 2.19. The molecule has 0 saturated heterocycles. The van der Waals surface area contributed by atoms with Crippen molar-refractivity contribution >= 4 is 0 Å². The molecular weight excluding hydrogens is 276 g/mol. The average Bonchev–Trinajstić information content (AvgIpc) is 2.61. The minimum absolute atomic E-state index is 0.779. The smallest absolute Gasteiger partial charge is 0.0162 e. The van der Waals surface area contributed by atoms with Crippen LogP contribution in [0, 0.1) is 5.92 Å². The van der Waals surface area contributed by atoms with E-state index in [2.05, 4.69) is 62.0 Å². The molecule has 0 radical (unpaired) electrons. The van der Waals surface area contributed by atoms with E-state index in [-0.39, 0.29) is 0 Å². The van der Waals surface area contributed by atoms with E-state index in [1.54, 1.807) is 0 Å². The first-order chi connectivity index (χ1) is 11.3. The fraction of sp³-hybridized carbons (Fsp3) is 0.391. The zero-order valence-electron chi connectivity index (χ0n) is 14.3. The van der Waals surface area contributed by atoms with Gasteiger partial charge in [0.05, 0.1) is 0 Å². The second kappa shape index (κ2) is 7.64. The van der Waals surface area contributed by atoms with Gasteiger partial charge in [0.15, 0.2) is 0 Å². The molecule has 0 bridgehead atoms. The molecule has 0 atom stereocenters. The standard InChI is InChI=1S/C23H28/c1-3-4-5-19-8-12-21(13-9-19)23-16-14-22(15-17-23)20-10-6-18(2)7-11-20/h3,8-9,12-18,20H,1,4-7,10-11H2,2H3. The summed E-state index contributed by atoms with van der Waals surface area (Å²) in [5.41, 5.74) is 5.56. The molecule has 0 spiro atoms. The highest BCUT2D eigenvalue weighted by atomic mass is 14.2. The van der Waals surface area contributed by atoms with Crippen molar-refractivity contribution in [2.24, 2.45) is 5.92 Å². The molecule has 23 heavy (non-hydrogen) atoms. The third kappa shape index (κ3) is 4.13. The van der Waals surface area contributed by atoms with Crippen LogP contribution < -0.4 is 0 Å². The molecule has 1 saturated carbocycles. The lowest BCUT2D eigenvalue weighted by Gasteiger charge is -2.26. The minimum Gasteiger partial charge on any atom is -0.103 e. The Morgan fingerprint density at radius 3 is 2.00 bits per heavy atom. The maximum absolute atomic E-state index is 3.79. The first kappa shape index (κ1) is 16.1. The van der Waals surface area contributed by atoms with Crippen molar-refractivity contribution in [1.82, 2.24) is 0 Å². The molecule has 2 aromatic rings. The fourth-order valence-corrected chi connectivity index (χ4v) is 3.67. The van der Waals surface area contributed by atoms with Crippen LogP contribution in [0.4, 0.5) is 0 Å². The van der Waals surface area contributed by atoms with Crippen LogP contribution in [0.1, 0.15) is 56.1 Å². The van der Waals surface area contributed by atoms with E-state index < -0.39 is 0 Å². The van der Waals surface area contributed by atoms with Gasteiger partial charge >= 0.3 is 0 Å². The second-order valence-electron chi connectivity index (χ2n) is 7.10. The Hall–Kier alpha value is -1.82. The molecule has 0 amide bonds. The van der Waals surface area contributed by atoms with E-state index in [0.29, 0.717) is 0 Å². The summed E-state index contributed by atoms with van der Waals surface area (Å²) in [5.74, 6) is 1.70. The van der Waals surface area contributed by atoms with Crippen LogP contribution in [0.3, 0.4) is 0 Å². The summed E-state index contributed by atoms with van der Waals surface area (Å²) in [6.07, 6.45) is 9.61. The number of hydrogen-bond acceptors (Lipinski definition) is 0. The van der Waals surface area contributed by atoms with E-state index >= 15 is 0 Å². The molecule has 1 aliphatic carbocycles. The minimum atomic E-state index is 0.779. The van der Waals surface area contributed by atoms with Crippen LogP contribution in [-0.2, 0) is 6.42 Å². The van der Waals surface area contributed by atoms with Crippen LogP contribution >= 0.6 is 0 Å². The van der Waals surface area contributed by atoms with Crippen molar-refractivity contribution in [3.8, 4) is 11.1 Å². The zero-order valence-corrected chi connectivity index (χ0v) is 14.3. The third-order valence-electron chi connectivity index (χ3n) is 5.32. The van der Waals surface area contributed by atoms with Gasteiger partial charge in [0.2, 0.25) is 0 Å². The molecule has 1 fully saturated rings. The maximum atomic E-state index is 3.79. The van der Waals surface area contributed by atoms with Crippen molar-refractivity contribution < 1.29 is 0 Å². The number of aryl methyl sites for hydroxylation is 1. The lowest BCUT2D eigenvalue weighted by Crippen LogP contribution is -2.10. The topological polar surface area (TPSA) is 0 Å². The summed E-state index contributed by atoms with van der Waals surface area (Å²) in [7, 11) is 0. The highest BCUT2D eigenvalue weighted by molar-refractivity contribution is 5.64. The van der Waals surface area contributed by atoms with Gasteiger partial charge in [0, 0.05) is 0 Å². The number of benzene rings is 2. The predicted octanol–water partition coefficient (Wildman–Crippen LogP) is 6.77. The first-order valence-corrected chi connectivity index (χ1v) is 9.06. The zero-order chi connectivity index (χ0) is 16.1. The summed E-state index contributed by atoms with van der Waals surface area (Å²) in [5, 5.41) is 0. The molecule has 0 heteroatoms. The Labute approximate surface area is 141 Å². The van der Waals surface area contributed by atoms with E-state index in [1.807, 2.05) is 6.08 Å². The van der Waals surface area contributed by atoms with E-state index in [9.17, 15) is 0 Å². The highest BCUT2D eigenvalue weighted by Crippen LogP contribution is 2.36. The van der Waals surface area contributed by atoms with Gasteiger partial charge in [0.1, 0.15) is 0 Å². The Balaban J connectivity index is 1.68. The molecule has 2 aromatic carbocycles. The van der Waals surface area contributed by atoms with Crippen LogP contribution in [0.2, 0.25) is 0 Å². The molecule has 120 valence electrons. The van der Waals surface area contributed by atoms with Crippen LogP contribution in [0.25, 0.3) is 11.1 Å². The summed E-state index contributed by atoms with van der Waals surface area (Å²) >= 11 is 0. The Morgan fingerprint density at radius 2 is 1.43 bits per heavy atom. The van der Waals surface area contributed by atoms with Crippen molar-refractivity contribution in [3.05, 3.63) is 72.3 Å². The van der Waals surface area contributed by atoms with E-state index in [1.165, 1.54) is 47.9 Å². The van der Waals surface area contributed by atoms with Gasteiger partial charge in [-0.3, -0.25) is 0 Å². The van der Waals surface area contributed by atoms with Crippen LogP contribution in [0.5, 0.6) is 0 Å². The summed E-state index contributed by atoms with van der Waals surface area (Å²) in [6, 6.07) is 18.3. The molecule has 0 aliphatic heterocycles. The van der Waals surface area contributed by atoms with Gasteiger partial charge in [-0.25, -0.2) is 0 Å². The summed E-state index contributed by atoms with van der Waals surface area (Å²) in [4.78, 5) is 0. The molecule has 0 N–H and O–H groups in total. The molecular formula is C23H28. The van der Waals surface area contributed by atoms with Gasteiger partial charge in [-0.2, -0.15) is 0 Å². The fourth-order valence-electron chi connectivity index (χ4n) is 3.67. The van der Waals surface area contributed by atoms with Gasteiger partial charge in [-0.1, -0.05) is 74.4 Å². The molecule has 0 aromatic heterocycles. The van der Waals surface area contributed by atoms with E-state index in [4.69, 9.17) is 0 Å². The first-order valence-electron chi connectivity index (χ1n) is 9.06. The average molecular weight is 304 g/mol. The lowest BCUT2D eigenvalue weighted by atomic mass is 9.79. The van der Waals surface area contributed by atoms with Crippen molar-refractivity contribution in [2.45, 2.75) is 51.4 Å². The van der Waals surface area contributed by atoms with Gasteiger partial charge in [-0.05, 0) is 59.8 Å². The van der Waals surface area contributed by atoms with Crippen LogP contribution in [-0.4, -0.2) is 0 Å². The third-order valence-corrected chi connectivity index (χ3v) is 5.32. The molecule has 0 nitrogen and oxygen atoms in total. The van der Waals surface area contributed by atoms with Gasteiger partial charge < -0.3 is 0 Å². The summed E-state index contributed by atoms with van der Waals surface area (Å²) < 4.78 is 0. The number of hydrogen-bond donors (Lipinski definition) is 0. The van der Waals surface area contributed by atoms with Crippen molar-refractivity contribution in [1.29, 1.82) is 0 Å². The Kier molecular flexibility index (Phi) is 5.33. The monoisotopic (exact) mass is 304 g/mol.